The molecule has 1 aliphatic rings. The number of nitrogens with zero attached hydrogens (tertiary/aromatic N) is 3. The first-order chi connectivity index (χ1) is 14.6. The number of rotatable bonds is 3. The SMILES string of the molecule is O=C(c1cccc(C(F)(F)F)c1)N1CCN(S(=O)(=O)c2ccc3onc(Cl)c3c2)CC1. The van der Waals surface area contributed by atoms with Crippen LogP contribution in [0.4, 0.5) is 13.2 Å². The lowest BCUT2D eigenvalue weighted by Crippen LogP contribution is -2.50. The Labute approximate surface area is 180 Å². The fraction of sp³-hybridized carbons (Fsp3) is 0.263. The Morgan fingerprint density at radius 1 is 1.06 bits per heavy atom. The molecule has 3 aromatic rings. The number of halogens is 4. The van der Waals surface area contributed by atoms with Gasteiger partial charge in [-0.25, -0.2) is 8.42 Å². The third-order valence-electron chi connectivity index (χ3n) is 5.00. The van der Waals surface area contributed by atoms with Crippen LogP contribution in [0.15, 0.2) is 51.9 Å². The molecule has 7 nitrogen and oxygen atoms in total. The molecule has 1 saturated heterocycles. The number of fused-ring (bicyclic) bond motifs is 1. The number of benzene rings is 2. The van der Waals surface area contributed by atoms with Crippen LogP contribution < -0.4 is 0 Å². The van der Waals surface area contributed by atoms with E-state index in [1.165, 1.54) is 39.5 Å². The molecular formula is C19H15ClF3N3O4S. The lowest BCUT2D eigenvalue weighted by molar-refractivity contribution is -0.137. The summed E-state index contributed by atoms with van der Waals surface area (Å²) < 4.78 is 70.8. The van der Waals surface area contributed by atoms with Crippen LogP contribution in [0.3, 0.4) is 0 Å². The Hall–Kier alpha value is -2.63. The van der Waals surface area contributed by atoms with Crippen molar-refractivity contribution in [3.05, 3.63) is 58.7 Å². The van der Waals surface area contributed by atoms with E-state index in [0.717, 1.165) is 12.1 Å². The van der Waals surface area contributed by atoms with Crippen molar-refractivity contribution in [1.82, 2.24) is 14.4 Å². The molecule has 0 saturated carbocycles. The first-order valence-electron chi connectivity index (χ1n) is 9.09. The number of alkyl halides is 3. The molecule has 4 rings (SSSR count). The second-order valence-electron chi connectivity index (χ2n) is 6.91. The van der Waals surface area contributed by atoms with Gasteiger partial charge in [0, 0.05) is 31.7 Å². The minimum Gasteiger partial charge on any atom is -0.355 e. The van der Waals surface area contributed by atoms with Gasteiger partial charge in [0.05, 0.1) is 15.8 Å². The highest BCUT2D eigenvalue weighted by Gasteiger charge is 2.33. The Kier molecular flexibility index (Phi) is 5.44. The van der Waals surface area contributed by atoms with Crippen LogP contribution in [0.2, 0.25) is 5.15 Å². The maximum absolute atomic E-state index is 13.0. The van der Waals surface area contributed by atoms with Gasteiger partial charge < -0.3 is 9.42 Å². The summed E-state index contributed by atoms with van der Waals surface area (Å²) in [4.78, 5) is 14.0. The van der Waals surface area contributed by atoms with Crippen LogP contribution in [0.25, 0.3) is 11.0 Å². The van der Waals surface area contributed by atoms with Gasteiger partial charge in [-0.1, -0.05) is 22.8 Å². The Morgan fingerprint density at radius 2 is 1.77 bits per heavy atom. The van der Waals surface area contributed by atoms with Gasteiger partial charge >= 0.3 is 6.18 Å². The minimum atomic E-state index is -4.56. The molecule has 1 fully saturated rings. The summed E-state index contributed by atoms with van der Waals surface area (Å²) in [6.45, 7) is 0.0973. The van der Waals surface area contributed by atoms with Crippen LogP contribution in [0, 0.1) is 0 Å². The molecule has 2 aromatic carbocycles. The Morgan fingerprint density at radius 3 is 2.45 bits per heavy atom. The predicted octanol–water partition coefficient (Wildman–Crippen LogP) is 3.65. The molecular weight excluding hydrogens is 459 g/mol. The van der Waals surface area contributed by atoms with Crippen molar-refractivity contribution in [3.8, 4) is 0 Å². The number of aromatic nitrogens is 1. The van der Waals surface area contributed by atoms with E-state index in [1.54, 1.807) is 0 Å². The smallest absolute Gasteiger partial charge is 0.355 e. The van der Waals surface area contributed by atoms with Gasteiger partial charge in [0.1, 0.15) is 0 Å². The molecule has 31 heavy (non-hydrogen) atoms. The van der Waals surface area contributed by atoms with Gasteiger partial charge in [0.15, 0.2) is 10.7 Å². The molecule has 0 aliphatic carbocycles. The maximum atomic E-state index is 13.0. The van der Waals surface area contributed by atoms with E-state index < -0.39 is 27.7 Å². The average molecular weight is 474 g/mol. The topological polar surface area (TPSA) is 83.7 Å². The Bertz CT molecular complexity index is 1250. The normalized spacial score (nSPS) is 16.1. The van der Waals surface area contributed by atoms with Crippen LogP contribution in [0.5, 0.6) is 0 Å². The van der Waals surface area contributed by atoms with Gasteiger partial charge in [0.2, 0.25) is 10.0 Å². The van der Waals surface area contributed by atoms with E-state index in [1.807, 2.05) is 0 Å². The van der Waals surface area contributed by atoms with Crippen molar-refractivity contribution in [3.63, 3.8) is 0 Å². The summed E-state index contributed by atoms with van der Waals surface area (Å²) in [6.07, 6.45) is -4.56. The van der Waals surface area contributed by atoms with Crippen LogP contribution in [-0.2, 0) is 16.2 Å². The fourth-order valence-electron chi connectivity index (χ4n) is 3.34. The largest absolute Gasteiger partial charge is 0.416 e. The number of hydrogen-bond donors (Lipinski definition) is 0. The van der Waals surface area contributed by atoms with E-state index >= 15 is 0 Å². The average Bonchev–Trinajstić information content (AvgIpc) is 3.13. The van der Waals surface area contributed by atoms with Gasteiger partial charge in [-0.3, -0.25) is 4.79 Å². The zero-order valence-electron chi connectivity index (χ0n) is 15.8. The molecule has 0 N–H and O–H groups in total. The van der Waals surface area contributed by atoms with E-state index in [2.05, 4.69) is 5.16 Å². The molecule has 12 heteroatoms. The van der Waals surface area contributed by atoms with Gasteiger partial charge in [0.25, 0.3) is 5.91 Å². The van der Waals surface area contributed by atoms with Crippen LogP contribution in [-0.4, -0.2) is 54.9 Å². The first kappa shape index (κ1) is 21.6. The number of carbonyl (C=O) groups is 1. The summed E-state index contributed by atoms with van der Waals surface area (Å²) in [5.41, 5.74) is -0.665. The summed E-state index contributed by atoms with van der Waals surface area (Å²) in [5.74, 6) is -0.583. The number of piperazine rings is 1. The van der Waals surface area contributed by atoms with Gasteiger partial charge in [-0.2, -0.15) is 17.5 Å². The molecule has 1 amide bonds. The quantitative estimate of drug-likeness (QED) is 0.580. The molecule has 0 atom stereocenters. The summed E-state index contributed by atoms with van der Waals surface area (Å²) in [6, 6.07) is 8.35. The Balaban J connectivity index is 1.49. The standard InChI is InChI=1S/C19H15ClF3N3O4S/c20-17-15-11-14(4-5-16(15)30-24-17)31(28,29)26-8-6-25(7-9-26)18(27)12-2-1-3-13(10-12)19(21,22)23/h1-5,10-11H,6-9H2. The molecule has 1 aromatic heterocycles. The summed E-state index contributed by atoms with van der Waals surface area (Å²) in [7, 11) is -3.87. The highest BCUT2D eigenvalue weighted by atomic mass is 35.5. The first-order valence-corrected chi connectivity index (χ1v) is 10.9. The summed E-state index contributed by atoms with van der Waals surface area (Å²) >= 11 is 5.90. The van der Waals surface area contributed by atoms with Crippen molar-refractivity contribution < 1.29 is 30.9 Å². The minimum absolute atomic E-state index is 0.00242. The van der Waals surface area contributed by atoms with E-state index in [-0.39, 0.29) is 41.8 Å². The fourth-order valence-corrected chi connectivity index (χ4v) is 4.97. The molecule has 0 unspecified atom stereocenters. The lowest BCUT2D eigenvalue weighted by atomic mass is 10.1. The van der Waals surface area contributed by atoms with E-state index in [9.17, 15) is 26.4 Å². The summed E-state index contributed by atoms with van der Waals surface area (Å²) in [5, 5.41) is 3.99. The zero-order chi connectivity index (χ0) is 22.4. The predicted molar refractivity (Wildman–Crippen MR) is 105 cm³/mol. The molecule has 2 heterocycles. The number of sulfonamides is 1. The number of carbonyl (C=O) groups excluding carboxylic acids is 1. The maximum Gasteiger partial charge on any atom is 0.416 e. The van der Waals surface area contributed by atoms with Gasteiger partial charge in [-0.05, 0) is 36.4 Å². The van der Waals surface area contributed by atoms with E-state index in [0.29, 0.717) is 11.0 Å². The van der Waals surface area contributed by atoms with Crippen LogP contribution in [0.1, 0.15) is 15.9 Å². The number of hydrogen-bond acceptors (Lipinski definition) is 5. The second kappa shape index (κ2) is 7.81. The van der Waals surface area contributed by atoms with Crippen molar-refractivity contribution in [1.29, 1.82) is 0 Å². The van der Waals surface area contributed by atoms with Crippen molar-refractivity contribution >= 4 is 38.5 Å². The van der Waals surface area contributed by atoms with Crippen molar-refractivity contribution in [2.45, 2.75) is 11.1 Å². The molecule has 1 aliphatic heterocycles. The second-order valence-corrected chi connectivity index (χ2v) is 9.20. The highest BCUT2D eigenvalue weighted by molar-refractivity contribution is 7.89. The zero-order valence-corrected chi connectivity index (χ0v) is 17.3. The molecule has 0 radical (unpaired) electrons. The monoisotopic (exact) mass is 473 g/mol. The van der Waals surface area contributed by atoms with Crippen molar-refractivity contribution in [2.24, 2.45) is 0 Å². The highest BCUT2D eigenvalue weighted by Crippen LogP contribution is 2.30. The molecule has 0 bridgehead atoms. The van der Waals surface area contributed by atoms with Crippen molar-refractivity contribution in [2.75, 3.05) is 26.2 Å². The van der Waals surface area contributed by atoms with Gasteiger partial charge in [-0.15, -0.1) is 0 Å². The lowest BCUT2D eigenvalue weighted by Gasteiger charge is -2.34. The third kappa shape index (κ3) is 4.12. The van der Waals surface area contributed by atoms with Crippen LogP contribution >= 0.6 is 11.6 Å². The van der Waals surface area contributed by atoms with E-state index in [4.69, 9.17) is 16.1 Å². The number of amides is 1. The molecule has 164 valence electrons. The third-order valence-corrected chi connectivity index (χ3v) is 7.17. The molecule has 0 spiro atoms.